The number of ether oxygens (including phenoxy) is 7. The van der Waals surface area contributed by atoms with Crippen LogP contribution in [-0.2, 0) is 38.0 Å². The van der Waals surface area contributed by atoms with Crippen molar-refractivity contribution in [2.75, 3.05) is 20.7 Å². The maximum absolute atomic E-state index is 14.1. The second kappa shape index (κ2) is 16.2. The summed E-state index contributed by atoms with van der Waals surface area (Å²) in [6, 6.07) is -0.184. The van der Waals surface area contributed by atoms with Gasteiger partial charge in [0, 0.05) is 37.8 Å². The Bertz CT molecular complexity index is 1130. The van der Waals surface area contributed by atoms with E-state index in [9.17, 15) is 20.1 Å². The van der Waals surface area contributed by atoms with Crippen molar-refractivity contribution in [1.29, 1.82) is 0 Å². The van der Waals surface area contributed by atoms with Crippen molar-refractivity contribution in [2.45, 2.75) is 193 Å². The molecule has 0 radical (unpaired) electrons. The van der Waals surface area contributed by atoms with Gasteiger partial charge in [-0.2, -0.15) is 0 Å². The number of carbonyl (C=O) groups is 1. The molecule has 12 heteroatoms. The highest BCUT2D eigenvalue weighted by Crippen LogP contribution is 2.48. The fourth-order valence-corrected chi connectivity index (χ4v) is 9.41. The zero-order valence-electron chi connectivity index (χ0n) is 33.0. The Kier molecular flexibility index (Phi) is 13.6. The molecule has 0 aromatic rings. The molecule has 4 heterocycles. The van der Waals surface area contributed by atoms with Gasteiger partial charge in [0.05, 0.1) is 53.7 Å². The lowest BCUT2D eigenvalue weighted by Crippen LogP contribution is -2.59. The van der Waals surface area contributed by atoms with Gasteiger partial charge >= 0.3 is 5.97 Å². The van der Waals surface area contributed by atoms with Crippen molar-refractivity contribution < 1.29 is 53.3 Å². The first-order valence-corrected chi connectivity index (χ1v) is 19.1. The number of fused-ring (bicyclic) bond motifs is 2. The summed E-state index contributed by atoms with van der Waals surface area (Å²) in [5.74, 6) is -2.47. The minimum Gasteiger partial charge on any atom is -0.459 e. The number of likely N-dealkylation sites (N-methyl/N-ethyl adjacent to an activating group) is 1. The standard InChI is InChI=1S/C38H69NO11/c1-14-27-38(11,43)32(41)23(6)30-20(3)17-37(10,50-30)33(49-35-29(40)26(39(12)15-2)16-21(4)46-35)24(7)31(25(8)34(42)47-27)48-28-19-36(9,44-13)18-22(5)45-28/h20-33,35,40-41,43H,14-19H2,1-13H3/t20-,21-,22+,23-,24+,25-,26+,27+,28+,29-,30-,31+,32-,33-,35+,36+,37-,38-/m1/s1. The summed E-state index contributed by atoms with van der Waals surface area (Å²) in [5, 5.41) is 35.2. The number of carbonyl (C=O) groups excluding carboxylic acids is 1. The predicted molar refractivity (Wildman–Crippen MR) is 187 cm³/mol. The maximum Gasteiger partial charge on any atom is 0.311 e. The van der Waals surface area contributed by atoms with Crippen molar-refractivity contribution in [1.82, 2.24) is 4.90 Å². The Hall–Kier alpha value is -0.930. The molecule has 0 saturated carbocycles. The zero-order chi connectivity index (χ0) is 37.5. The summed E-state index contributed by atoms with van der Waals surface area (Å²) in [5.41, 5.74) is -3.20. The molecule has 292 valence electrons. The van der Waals surface area contributed by atoms with Crippen molar-refractivity contribution in [3.05, 3.63) is 0 Å². The Morgan fingerprint density at radius 3 is 2.18 bits per heavy atom. The van der Waals surface area contributed by atoms with E-state index in [-0.39, 0.29) is 24.2 Å². The first kappa shape index (κ1) is 41.8. The summed E-state index contributed by atoms with van der Waals surface area (Å²) in [6.45, 7) is 21.8. The molecular weight excluding hydrogens is 646 g/mol. The number of aliphatic hydroxyl groups excluding tert-OH is 2. The van der Waals surface area contributed by atoms with Crippen LogP contribution in [-0.4, -0.2) is 131 Å². The molecule has 0 amide bonds. The van der Waals surface area contributed by atoms with E-state index in [0.717, 1.165) is 6.54 Å². The number of hydrogen-bond acceptors (Lipinski definition) is 12. The van der Waals surface area contributed by atoms with Crippen LogP contribution in [0, 0.1) is 23.7 Å². The van der Waals surface area contributed by atoms with Gasteiger partial charge in [-0.15, -0.1) is 0 Å². The molecule has 3 N–H and O–H groups in total. The lowest BCUT2D eigenvalue weighted by Gasteiger charge is -2.48. The number of esters is 1. The fraction of sp³-hybridized carbons (Fsp3) is 0.974. The lowest BCUT2D eigenvalue weighted by atomic mass is 9.76. The molecule has 4 aliphatic heterocycles. The highest BCUT2D eigenvalue weighted by molar-refractivity contribution is 5.73. The quantitative estimate of drug-likeness (QED) is 0.312. The van der Waals surface area contributed by atoms with Crippen LogP contribution < -0.4 is 0 Å². The van der Waals surface area contributed by atoms with E-state index in [4.69, 9.17) is 33.2 Å². The average molecular weight is 716 g/mol. The molecule has 2 bridgehead atoms. The van der Waals surface area contributed by atoms with Crippen LogP contribution in [0.3, 0.4) is 0 Å². The molecule has 4 saturated heterocycles. The van der Waals surface area contributed by atoms with Gasteiger partial charge in [0.15, 0.2) is 12.6 Å². The van der Waals surface area contributed by atoms with E-state index in [1.54, 1.807) is 14.0 Å². The van der Waals surface area contributed by atoms with Gasteiger partial charge in [0.1, 0.15) is 17.8 Å². The topological polar surface area (TPSA) is 146 Å². The third-order valence-corrected chi connectivity index (χ3v) is 12.5. The molecule has 0 aliphatic carbocycles. The minimum atomic E-state index is -1.75. The lowest BCUT2D eigenvalue weighted by molar-refractivity contribution is -0.312. The molecule has 50 heavy (non-hydrogen) atoms. The van der Waals surface area contributed by atoms with Gasteiger partial charge in [0.2, 0.25) is 0 Å². The number of cyclic esters (lactones) is 1. The van der Waals surface area contributed by atoms with E-state index >= 15 is 0 Å². The summed E-state index contributed by atoms with van der Waals surface area (Å²) >= 11 is 0. The molecule has 12 nitrogen and oxygen atoms in total. The second-order valence-electron chi connectivity index (χ2n) is 16.9. The average Bonchev–Trinajstić information content (AvgIpc) is 3.37. The highest BCUT2D eigenvalue weighted by Gasteiger charge is 2.57. The van der Waals surface area contributed by atoms with E-state index in [1.165, 1.54) is 6.92 Å². The predicted octanol–water partition coefficient (Wildman–Crippen LogP) is 4.04. The Morgan fingerprint density at radius 1 is 0.920 bits per heavy atom. The first-order valence-electron chi connectivity index (χ1n) is 19.1. The summed E-state index contributed by atoms with van der Waals surface area (Å²) in [7, 11) is 3.67. The van der Waals surface area contributed by atoms with Crippen LogP contribution in [0.4, 0.5) is 0 Å². The smallest absolute Gasteiger partial charge is 0.311 e. The van der Waals surface area contributed by atoms with E-state index in [1.807, 2.05) is 55.5 Å². The summed E-state index contributed by atoms with van der Waals surface area (Å²) in [6.07, 6.45) is -4.56. The van der Waals surface area contributed by atoms with Gasteiger partial charge in [-0.1, -0.05) is 34.6 Å². The zero-order valence-corrected chi connectivity index (χ0v) is 33.0. The molecular formula is C38H69NO11. The molecule has 4 rings (SSSR count). The largest absolute Gasteiger partial charge is 0.459 e. The van der Waals surface area contributed by atoms with Crippen LogP contribution in [0.2, 0.25) is 0 Å². The Morgan fingerprint density at radius 2 is 1.58 bits per heavy atom. The van der Waals surface area contributed by atoms with Gasteiger partial charge < -0.3 is 53.4 Å². The van der Waals surface area contributed by atoms with Crippen LogP contribution >= 0.6 is 0 Å². The normalized spacial score (nSPS) is 51.1. The summed E-state index contributed by atoms with van der Waals surface area (Å²) < 4.78 is 45.4. The number of hydrogen-bond donors (Lipinski definition) is 3. The Labute approximate surface area is 300 Å². The number of rotatable bonds is 8. The molecule has 4 aliphatic rings. The second-order valence-corrected chi connectivity index (χ2v) is 16.9. The van der Waals surface area contributed by atoms with Crippen LogP contribution in [0.1, 0.15) is 108 Å². The molecule has 18 atom stereocenters. The van der Waals surface area contributed by atoms with Crippen LogP contribution in [0.5, 0.6) is 0 Å². The molecule has 0 aromatic heterocycles. The highest BCUT2D eigenvalue weighted by atomic mass is 16.7. The van der Waals surface area contributed by atoms with Gasteiger partial charge in [-0.3, -0.25) is 4.79 Å². The maximum atomic E-state index is 14.1. The molecule has 0 unspecified atom stereocenters. The third-order valence-electron chi connectivity index (χ3n) is 12.5. The van der Waals surface area contributed by atoms with Gasteiger partial charge in [-0.25, -0.2) is 0 Å². The molecule has 0 aromatic carbocycles. The van der Waals surface area contributed by atoms with Gasteiger partial charge in [-0.05, 0) is 80.3 Å². The van der Waals surface area contributed by atoms with Crippen molar-refractivity contribution in [2.24, 2.45) is 23.7 Å². The summed E-state index contributed by atoms with van der Waals surface area (Å²) in [4.78, 5) is 16.2. The fourth-order valence-electron chi connectivity index (χ4n) is 9.41. The minimum absolute atomic E-state index is 0.0267. The molecule has 4 fully saturated rings. The van der Waals surface area contributed by atoms with Crippen molar-refractivity contribution >= 4 is 5.97 Å². The Balaban J connectivity index is 1.83. The monoisotopic (exact) mass is 715 g/mol. The van der Waals surface area contributed by atoms with E-state index < -0.39 is 89.7 Å². The SMILES string of the molecule is CC[C@@H]1OC(=O)[C@H](C)[C@@H](O[C@H]2C[C@@](C)(OC)C[C@H](C)O2)[C@H](C)[C@@H](O[C@@H]2O[C@H](C)C[C@H](N(C)CC)[C@H]2O)[C@@]2(C)C[C@@H](C)[C@@H](O2)[C@@H](C)[C@@H](O)[C@]1(C)O. The number of nitrogens with zero attached hydrogens (tertiary/aromatic N) is 1. The van der Waals surface area contributed by atoms with Crippen molar-refractivity contribution in [3.8, 4) is 0 Å². The van der Waals surface area contributed by atoms with Crippen LogP contribution in [0.25, 0.3) is 0 Å². The number of aliphatic hydroxyl groups is 3. The van der Waals surface area contributed by atoms with E-state index in [0.29, 0.717) is 32.1 Å². The first-order chi connectivity index (χ1) is 23.2. The van der Waals surface area contributed by atoms with E-state index in [2.05, 4.69) is 18.7 Å². The number of methoxy groups -OCH3 is 1. The van der Waals surface area contributed by atoms with Gasteiger partial charge in [0.25, 0.3) is 0 Å². The van der Waals surface area contributed by atoms with Crippen LogP contribution in [0.15, 0.2) is 0 Å². The third kappa shape index (κ3) is 8.55. The molecule has 0 spiro atoms. The van der Waals surface area contributed by atoms with Crippen molar-refractivity contribution in [3.63, 3.8) is 0 Å².